The highest BCUT2D eigenvalue weighted by molar-refractivity contribution is 5.76. The van der Waals surface area contributed by atoms with E-state index in [0.717, 1.165) is 42.8 Å². The zero-order chi connectivity index (χ0) is 15.5. The molecule has 0 saturated carbocycles. The number of nitrogens with zero attached hydrogens (tertiary/aromatic N) is 2. The SMILES string of the molecule is NCCCCC(C(=O)O)c1ncn2c1CCc1ccccc1-2. The summed E-state index contributed by atoms with van der Waals surface area (Å²) in [6.45, 7) is 0.598. The molecule has 2 heterocycles. The molecule has 2 aromatic rings. The number of fused-ring (bicyclic) bond motifs is 3. The molecule has 0 saturated heterocycles. The third kappa shape index (κ3) is 2.64. The van der Waals surface area contributed by atoms with Gasteiger partial charge >= 0.3 is 5.97 Å². The van der Waals surface area contributed by atoms with Crippen molar-refractivity contribution < 1.29 is 9.90 Å². The molecule has 1 aliphatic heterocycles. The van der Waals surface area contributed by atoms with Crippen LogP contribution in [-0.2, 0) is 17.6 Å². The number of nitrogens with two attached hydrogens (primary N) is 1. The molecule has 1 aromatic heterocycles. The van der Waals surface area contributed by atoms with Gasteiger partial charge in [0.05, 0.1) is 12.0 Å². The number of carboxylic acid groups (broad SMARTS) is 1. The number of hydrogen-bond donors (Lipinski definition) is 2. The number of rotatable bonds is 6. The Morgan fingerprint density at radius 1 is 1.32 bits per heavy atom. The minimum Gasteiger partial charge on any atom is -0.481 e. The fourth-order valence-corrected chi connectivity index (χ4v) is 3.22. The van der Waals surface area contributed by atoms with Crippen molar-refractivity contribution in [3.05, 3.63) is 47.5 Å². The summed E-state index contributed by atoms with van der Waals surface area (Å²) < 4.78 is 2.05. The Hall–Kier alpha value is -2.14. The van der Waals surface area contributed by atoms with Gasteiger partial charge in [0.1, 0.15) is 5.92 Å². The molecule has 0 aliphatic carbocycles. The molecule has 1 atom stereocenters. The minimum atomic E-state index is -0.794. The van der Waals surface area contributed by atoms with E-state index in [4.69, 9.17) is 5.73 Å². The molecule has 0 bridgehead atoms. The van der Waals surface area contributed by atoms with Gasteiger partial charge < -0.3 is 15.4 Å². The highest BCUT2D eigenvalue weighted by Crippen LogP contribution is 2.31. The maximum atomic E-state index is 11.6. The van der Waals surface area contributed by atoms with Crippen molar-refractivity contribution in [1.29, 1.82) is 0 Å². The lowest BCUT2D eigenvalue weighted by Gasteiger charge is -2.21. The van der Waals surface area contributed by atoms with Gasteiger partial charge in [0.2, 0.25) is 0 Å². The van der Waals surface area contributed by atoms with Gasteiger partial charge in [-0.3, -0.25) is 4.79 Å². The maximum Gasteiger partial charge on any atom is 0.312 e. The number of aryl methyl sites for hydroxylation is 1. The van der Waals surface area contributed by atoms with E-state index in [0.29, 0.717) is 13.0 Å². The summed E-state index contributed by atoms with van der Waals surface area (Å²) >= 11 is 0. The van der Waals surface area contributed by atoms with Gasteiger partial charge in [-0.25, -0.2) is 4.98 Å². The van der Waals surface area contributed by atoms with E-state index in [1.54, 1.807) is 6.33 Å². The average molecular weight is 299 g/mol. The van der Waals surface area contributed by atoms with Crippen LogP contribution in [0.2, 0.25) is 0 Å². The van der Waals surface area contributed by atoms with Crippen LogP contribution in [0.25, 0.3) is 5.69 Å². The summed E-state index contributed by atoms with van der Waals surface area (Å²) in [6, 6.07) is 8.22. The number of carboxylic acids is 1. The first-order valence-electron chi connectivity index (χ1n) is 7.79. The Kier molecular flexibility index (Phi) is 4.24. The van der Waals surface area contributed by atoms with Crippen molar-refractivity contribution in [2.45, 2.75) is 38.0 Å². The molecule has 22 heavy (non-hydrogen) atoms. The second kappa shape index (κ2) is 6.32. The van der Waals surface area contributed by atoms with Gasteiger partial charge in [-0.2, -0.15) is 0 Å². The molecule has 1 aromatic carbocycles. The van der Waals surface area contributed by atoms with Crippen LogP contribution in [0.1, 0.15) is 42.1 Å². The van der Waals surface area contributed by atoms with E-state index in [1.165, 1.54) is 5.56 Å². The number of carbonyl (C=O) groups is 1. The predicted octanol–water partition coefficient (Wildman–Crippen LogP) is 2.27. The Morgan fingerprint density at radius 3 is 2.91 bits per heavy atom. The average Bonchev–Trinajstić information content (AvgIpc) is 2.95. The number of benzene rings is 1. The molecule has 3 N–H and O–H groups in total. The van der Waals surface area contributed by atoms with E-state index < -0.39 is 11.9 Å². The van der Waals surface area contributed by atoms with Crippen molar-refractivity contribution in [2.24, 2.45) is 5.73 Å². The van der Waals surface area contributed by atoms with Crippen LogP contribution in [0, 0.1) is 0 Å². The second-order valence-electron chi connectivity index (χ2n) is 5.75. The smallest absolute Gasteiger partial charge is 0.312 e. The van der Waals surface area contributed by atoms with Crippen LogP contribution in [0.4, 0.5) is 0 Å². The maximum absolute atomic E-state index is 11.6. The highest BCUT2D eigenvalue weighted by Gasteiger charge is 2.28. The third-order valence-corrected chi connectivity index (χ3v) is 4.36. The minimum absolute atomic E-state index is 0.534. The van der Waals surface area contributed by atoms with Crippen LogP contribution in [0.15, 0.2) is 30.6 Å². The van der Waals surface area contributed by atoms with Crippen molar-refractivity contribution >= 4 is 5.97 Å². The largest absolute Gasteiger partial charge is 0.481 e. The molecule has 116 valence electrons. The first kappa shape index (κ1) is 14.8. The molecule has 0 amide bonds. The Labute approximate surface area is 129 Å². The zero-order valence-electron chi connectivity index (χ0n) is 12.5. The van der Waals surface area contributed by atoms with Gasteiger partial charge in [0.25, 0.3) is 0 Å². The van der Waals surface area contributed by atoms with Crippen molar-refractivity contribution in [2.75, 3.05) is 6.54 Å². The normalized spacial score (nSPS) is 14.2. The summed E-state index contributed by atoms with van der Waals surface area (Å²) in [6.07, 6.45) is 5.80. The standard InChI is InChI=1S/C17H21N3O2/c18-10-4-3-6-13(17(21)22)16-15-9-8-12-5-1-2-7-14(12)20(15)11-19-16/h1-2,5,7,11,13H,3-4,6,8-10,18H2,(H,21,22). The van der Waals surface area contributed by atoms with Crippen molar-refractivity contribution in [3.8, 4) is 5.69 Å². The Bertz CT molecular complexity index is 678. The number of unbranched alkanes of at least 4 members (excludes halogenated alkanes) is 1. The van der Waals surface area contributed by atoms with Crippen molar-refractivity contribution in [1.82, 2.24) is 9.55 Å². The number of hydrogen-bond acceptors (Lipinski definition) is 3. The van der Waals surface area contributed by atoms with Gasteiger partial charge in [-0.15, -0.1) is 0 Å². The molecule has 0 spiro atoms. The number of aromatic nitrogens is 2. The highest BCUT2D eigenvalue weighted by atomic mass is 16.4. The molecule has 3 rings (SSSR count). The van der Waals surface area contributed by atoms with E-state index >= 15 is 0 Å². The lowest BCUT2D eigenvalue weighted by molar-refractivity contribution is -0.139. The first-order chi connectivity index (χ1) is 10.7. The molecule has 1 aliphatic rings. The fourth-order valence-electron chi connectivity index (χ4n) is 3.22. The summed E-state index contributed by atoms with van der Waals surface area (Å²) in [5.74, 6) is -1.33. The van der Waals surface area contributed by atoms with E-state index in [9.17, 15) is 9.90 Å². The van der Waals surface area contributed by atoms with Crippen LogP contribution < -0.4 is 5.73 Å². The van der Waals surface area contributed by atoms with Crippen LogP contribution in [-0.4, -0.2) is 27.2 Å². The molecule has 1 unspecified atom stereocenters. The van der Waals surface area contributed by atoms with Crippen LogP contribution >= 0.6 is 0 Å². The second-order valence-corrected chi connectivity index (χ2v) is 5.75. The summed E-state index contributed by atoms with van der Waals surface area (Å²) in [4.78, 5) is 16.1. The molecular weight excluding hydrogens is 278 g/mol. The Morgan fingerprint density at radius 2 is 2.14 bits per heavy atom. The van der Waals surface area contributed by atoms with E-state index in [2.05, 4.69) is 17.1 Å². The molecular formula is C17H21N3O2. The monoisotopic (exact) mass is 299 g/mol. The Balaban J connectivity index is 1.93. The number of imidazole rings is 1. The van der Waals surface area contributed by atoms with E-state index in [-0.39, 0.29) is 0 Å². The summed E-state index contributed by atoms with van der Waals surface area (Å²) in [5.41, 5.74) is 9.67. The third-order valence-electron chi connectivity index (χ3n) is 4.36. The summed E-state index contributed by atoms with van der Waals surface area (Å²) in [5, 5.41) is 9.56. The molecule has 5 nitrogen and oxygen atoms in total. The fraction of sp³-hybridized carbons (Fsp3) is 0.412. The zero-order valence-corrected chi connectivity index (χ0v) is 12.5. The van der Waals surface area contributed by atoms with Gasteiger partial charge in [-0.05, 0) is 43.9 Å². The van der Waals surface area contributed by atoms with Crippen molar-refractivity contribution in [3.63, 3.8) is 0 Å². The quantitative estimate of drug-likeness (QED) is 0.802. The molecule has 0 radical (unpaired) electrons. The summed E-state index contributed by atoms with van der Waals surface area (Å²) in [7, 11) is 0. The van der Waals surface area contributed by atoms with E-state index in [1.807, 2.05) is 16.7 Å². The topological polar surface area (TPSA) is 81.1 Å². The lowest BCUT2D eigenvalue weighted by Crippen LogP contribution is -2.18. The van der Waals surface area contributed by atoms with Gasteiger partial charge in [0.15, 0.2) is 0 Å². The van der Waals surface area contributed by atoms with Gasteiger partial charge in [-0.1, -0.05) is 24.6 Å². The van der Waals surface area contributed by atoms with Gasteiger partial charge in [0, 0.05) is 11.4 Å². The lowest BCUT2D eigenvalue weighted by atomic mass is 9.93. The van der Waals surface area contributed by atoms with Crippen LogP contribution in [0.5, 0.6) is 0 Å². The number of aliphatic carboxylic acids is 1. The predicted molar refractivity (Wildman–Crippen MR) is 84.3 cm³/mol. The molecule has 0 fully saturated rings. The van der Waals surface area contributed by atoms with Crippen LogP contribution in [0.3, 0.4) is 0 Å². The number of para-hydroxylation sites is 1. The first-order valence-corrected chi connectivity index (χ1v) is 7.79. The molecule has 5 heteroatoms.